The third kappa shape index (κ3) is 3.33. The summed E-state index contributed by atoms with van der Waals surface area (Å²) in [5.74, 6) is -1.51. The molecule has 0 saturated heterocycles. The lowest BCUT2D eigenvalue weighted by Crippen LogP contribution is -2.24. The fourth-order valence-electron chi connectivity index (χ4n) is 1.78. The zero-order valence-corrected chi connectivity index (χ0v) is 10.7. The molecule has 21 heavy (non-hydrogen) atoms. The van der Waals surface area contributed by atoms with Gasteiger partial charge in [-0.2, -0.15) is 0 Å². The summed E-state index contributed by atoms with van der Waals surface area (Å²) in [6, 6.07) is 9.01. The molecule has 0 aliphatic heterocycles. The van der Waals surface area contributed by atoms with Crippen LogP contribution in [0.1, 0.15) is 15.9 Å². The van der Waals surface area contributed by atoms with Gasteiger partial charge < -0.3 is 10.4 Å². The highest BCUT2D eigenvalue weighted by atomic mass is 19.1. The fraction of sp³-hybridized carbons (Fsp3) is 0.0714. The van der Waals surface area contributed by atoms with E-state index in [1.54, 1.807) is 6.07 Å². The molecule has 2 aromatic carbocycles. The van der Waals surface area contributed by atoms with Crippen LogP contribution in [0.4, 0.5) is 10.1 Å². The number of hydrogen-bond acceptors (Lipinski definition) is 4. The monoisotopic (exact) mass is 290 g/mol. The molecule has 0 aliphatic rings. The third-order valence-electron chi connectivity index (χ3n) is 2.82. The van der Waals surface area contributed by atoms with Crippen LogP contribution in [0.2, 0.25) is 0 Å². The molecule has 0 fully saturated rings. The van der Waals surface area contributed by atoms with E-state index in [1.165, 1.54) is 18.2 Å². The number of amides is 1. The molecule has 7 heteroatoms. The van der Waals surface area contributed by atoms with Gasteiger partial charge in [0.2, 0.25) is 0 Å². The number of hydrogen-bond donors (Lipinski definition) is 2. The standard InChI is InChI=1S/C14H11FN2O4/c15-12-4-2-1-3-9(12)8-16-14(19)11-7-10(18)5-6-13(11)17(20)21/h1-7,18H,8H2,(H,16,19). The van der Waals surface area contributed by atoms with Gasteiger partial charge in [0.25, 0.3) is 11.6 Å². The fourth-order valence-corrected chi connectivity index (χ4v) is 1.78. The molecule has 6 nitrogen and oxygen atoms in total. The minimum atomic E-state index is -0.763. The van der Waals surface area contributed by atoms with Gasteiger partial charge in [-0.3, -0.25) is 14.9 Å². The molecule has 0 spiro atoms. The van der Waals surface area contributed by atoms with E-state index in [2.05, 4.69) is 5.32 Å². The molecule has 2 N–H and O–H groups in total. The number of carbonyl (C=O) groups is 1. The van der Waals surface area contributed by atoms with Crippen LogP contribution in [0, 0.1) is 15.9 Å². The van der Waals surface area contributed by atoms with Gasteiger partial charge in [-0.1, -0.05) is 18.2 Å². The van der Waals surface area contributed by atoms with E-state index >= 15 is 0 Å². The Hall–Kier alpha value is -2.96. The quantitative estimate of drug-likeness (QED) is 0.668. The minimum absolute atomic E-state index is 0.113. The average Bonchev–Trinajstić information content (AvgIpc) is 2.45. The Morgan fingerprint density at radius 3 is 2.67 bits per heavy atom. The Labute approximate surface area is 119 Å². The molecule has 0 unspecified atom stereocenters. The van der Waals surface area contributed by atoms with E-state index in [1.807, 2.05) is 0 Å². The van der Waals surface area contributed by atoms with Crippen molar-refractivity contribution in [2.24, 2.45) is 0 Å². The maximum Gasteiger partial charge on any atom is 0.282 e. The third-order valence-corrected chi connectivity index (χ3v) is 2.82. The number of nitro groups is 1. The highest BCUT2D eigenvalue weighted by molar-refractivity contribution is 5.98. The average molecular weight is 290 g/mol. The van der Waals surface area contributed by atoms with Gasteiger partial charge in [-0.15, -0.1) is 0 Å². The molecule has 1 amide bonds. The van der Waals surface area contributed by atoms with Gasteiger partial charge in [0.05, 0.1) is 4.92 Å². The van der Waals surface area contributed by atoms with E-state index < -0.39 is 22.3 Å². The topological polar surface area (TPSA) is 92.5 Å². The van der Waals surface area contributed by atoms with Crippen molar-refractivity contribution in [2.75, 3.05) is 0 Å². The highest BCUT2D eigenvalue weighted by Gasteiger charge is 2.20. The van der Waals surface area contributed by atoms with E-state index in [0.717, 1.165) is 18.2 Å². The van der Waals surface area contributed by atoms with Gasteiger partial charge in [0.15, 0.2) is 0 Å². The molecule has 0 bridgehead atoms. The van der Waals surface area contributed by atoms with Crippen molar-refractivity contribution in [3.63, 3.8) is 0 Å². The van der Waals surface area contributed by atoms with Crippen LogP contribution >= 0.6 is 0 Å². The zero-order chi connectivity index (χ0) is 15.4. The first-order chi connectivity index (χ1) is 9.99. The number of nitrogens with one attached hydrogen (secondary N) is 1. The summed E-state index contributed by atoms with van der Waals surface area (Å²) in [5, 5.41) is 22.6. The van der Waals surface area contributed by atoms with Crippen molar-refractivity contribution in [3.8, 4) is 5.75 Å². The molecule has 108 valence electrons. The molecule has 2 aromatic rings. The Morgan fingerprint density at radius 2 is 2.00 bits per heavy atom. The predicted molar refractivity (Wildman–Crippen MR) is 72.3 cm³/mol. The molecule has 0 heterocycles. The first-order valence-electron chi connectivity index (χ1n) is 5.98. The van der Waals surface area contributed by atoms with Gasteiger partial charge in [0.1, 0.15) is 17.1 Å². The second kappa shape index (κ2) is 6.00. The van der Waals surface area contributed by atoms with Crippen molar-refractivity contribution in [2.45, 2.75) is 6.54 Å². The second-order valence-corrected chi connectivity index (χ2v) is 4.23. The Balaban J connectivity index is 2.19. The van der Waals surface area contributed by atoms with Crippen molar-refractivity contribution in [1.29, 1.82) is 0 Å². The van der Waals surface area contributed by atoms with Crippen molar-refractivity contribution in [1.82, 2.24) is 5.32 Å². The molecule has 0 atom stereocenters. The molecule has 0 aliphatic carbocycles. The Morgan fingerprint density at radius 1 is 1.29 bits per heavy atom. The lowest BCUT2D eigenvalue weighted by atomic mass is 10.1. The molecule has 0 saturated carbocycles. The Bertz CT molecular complexity index is 703. The largest absolute Gasteiger partial charge is 0.508 e. The maximum absolute atomic E-state index is 13.4. The number of halogens is 1. The van der Waals surface area contributed by atoms with Crippen molar-refractivity contribution in [3.05, 3.63) is 69.5 Å². The second-order valence-electron chi connectivity index (χ2n) is 4.23. The van der Waals surface area contributed by atoms with E-state index in [9.17, 15) is 24.4 Å². The van der Waals surface area contributed by atoms with E-state index in [4.69, 9.17) is 0 Å². The lowest BCUT2D eigenvalue weighted by molar-refractivity contribution is -0.385. The van der Waals surface area contributed by atoms with E-state index in [-0.39, 0.29) is 23.4 Å². The summed E-state index contributed by atoms with van der Waals surface area (Å²) >= 11 is 0. The van der Waals surface area contributed by atoms with Crippen LogP contribution in [-0.2, 0) is 6.54 Å². The highest BCUT2D eigenvalue weighted by Crippen LogP contribution is 2.23. The lowest BCUT2D eigenvalue weighted by Gasteiger charge is -2.07. The minimum Gasteiger partial charge on any atom is -0.508 e. The SMILES string of the molecule is O=C(NCc1ccccc1F)c1cc(O)ccc1[N+](=O)[O-]. The van der Waals surface area contributed by atoms with Crippen LogP contribution in [0.5, 0.6) is 5.75 Å². The summed E-state index contributed by atoms with van der Waals surface area (Å²) < 4.78 is 13.4. The van der Waals surface area contributed by atoms with Crippen LogP contribution in [0.15, 0.2) is 42.5 Å². The number of aromatic hydroxyl groups is 1. The number of rotatable bonds is 4. The molecule has 2 rings (SSSR count). The van der Waals surface area contributed by atoms with Gasteiger partial charge >= 0.3 is 0 Å². The maximum atomic E-state index is 13.4. The first kappa shape index (κ1) is 14.4. The summed E-state index contributed by atoms with van der Waals surface area (Å²) in [6.45, 7) is -0.113. The van der Waals surface area contributed by atoms with Gasteiger partial charge in [-0.05, 0) is 18.2 Å². The van der Waals surface area contributed by atoms with Crippen LogP contribution in [0.25, 0.3) is 0 Å². The summed E-state index contributed by atoms with van der Waals surface area (Å²) in [7, 11) is 0. The van der Waals surface area contributed by atoms with Crippen molar-refractivity contribution < 1.29 is 19.2 Å². The first-order valence-corrected chi connectivity index (χ1v) is 5.98. The number of benzene rings is 2. The zero-order valence-electron chi connectivity index (χ0n) is 10.7. The summed E-state index contributed by atoms with van der Waals surface area (Å²) in [4.78, 5) is 22.1. The normalized spacial score (nSPS) is 10.1. The predicted octanol–water partition coefficient (Wildman–Crippen LogP) is 2.37. The smallest absolute Gasteiger partial charge is 0.282 e. The van der Waals surface area contributed by atoms with Crippen LogP contribution < -0.4 is 5.32 Å². The molecular weight excluding hydrogens is 279 g/mol. The number of carbonyl (C=O) groups excluding carboxylic acids is 1. The van der Waals surface area contributed by atoms with E-state index in [0.29, 0.717) is 0 Å². The summed E-state index contributed by atoms with van der Waals surface area (Å²) in [6.07, 6.45) is 0. The number of phenolic OH excluding ortho intramolecular Hbond substituents is 1. The molecule has 0 aromatic heterocycles. The number of nitro benzene ring substituents is 1. The number of nitrogens with zero attached hydrogens (tertiary/aromatic N) is 1. The molecular formula is C14H11FN2O4. The summed E-state index contributed by atoms with van der Waals surface area (Å²) in [5.41, 5.74) is -0.455. The van der Waals surface area contributed by atoms with Gasteiger partial charge in [0, 0.05) is 18.2 Å². The van der Waals surface area contributed by atoms with Crippen molar-refractivity contribution >= 4 is 11.6 Å². The van der Waals surface area contributed by atoms with Crippen LogP contribution in [-0.4, -0.2) is 15.9 Å². The number of phenols is 1. The Kier molecular flexibility index (Phi) is 4.13. The van der Waals surface area contributed by atoms with Crippen LogP contribution in [0.3, 0.4) is 0 Å². The van der Waals surface area contributed by atoms with Gasteiger partial charge in [-0.25, -0.2) is 4.39 Å². The molecule has 0 radical (unpaired) electrons.